The van der Waals surface area contributed by atoms with E-state index in [1.807, 2.05) is 0 Å². The first-order valence-corrected chi connectivity index (χ1v) is 7.46. The Bertz CT molecular complexity index is 510. The Morgan fingerprint density at radius 2 is 2.00 bits per heavy atom. The van der Waals surface area contributed by atoms with Crippen molar-refractivity contribution in [2.45, 2.75) is 50.0 Å². The molecule has 7 heteroatoms. The van der Waals surface area contributed by atoms with Gasteiger partial charge in [0.2, 0.25) is 10.0 Å². The molecular formula is C11H18N2O4S. The van der Waals surface area contributed by atoms with Crippen LogP contribution in [0, 0.1) is 13.8 Å². The first-order chi connectivity index (χ1) is 8.40. The Morgan fingerprint density at radius 3 is 2.44 bits per heavy atom. The van der Waals surface area contributed by atoms with Gasteiger partial charge < -0.3 is 9.63 Å². The lowest BCUT2D eigenvalue weighted by Gasteiger charge is -2.27. The van der Waals surface area contributed by atoms with E-state index in [9.17, 15) is 13.5 Å². The molecule has 0 bridgehead atoms. The predicted molar refractivity (Wildman–Crippen MR) is 64.6 cm³/mol. The number of aliphatic hydroxyl groups excluding tert-OH is 1. The molecule has 18 heavy (non-hydrogen) atoms. The molecule has 0 radical (unpaired) electrons. The highest BCUT2D eigenvalue weighted by molar-refractivity contribution is 7.89. The van der Waals surface area contributed by atoms with Crippen LogP contribution in [0.5, 0.6) is 0 Å². The minimum absolute atomic E-state index is 0.0854. The lowest BCUT2D eigenvalue weighted by molar-refractivity contribution is 0.185. The number of hydrogen-bond donors (Lipinski definition) is 2. The molecule has 0 saturated heterocycles. The topological polar surface area (TPSA) is 92.4 Å². The van der Waals surface area contributed by atoms with Gasteiger partial charge in [-0.05, 0) is 26.7 Å². The van der Waals surface area contributed by atoms with Crippen LogP contribution in [0.25, 0.3) is 0 Å². The van der Waals surface area contributed by atoms with Crippen LogP contribution in [-0.2, 0) is 10.0 Å². The molecule has 0 atom stereocenters. The molecule has 0 amide bonds. The number of rotatable bonds is 4. The maximum atomic E-state index is 12.3. The largest absolute Gasteiger partial charge is 0.394 e. The zero-order chi connectivity index (χ0) is 13.4. The molecule has 2 N–H and O–H groups in total. The SMILES string of the molecule is Cc1noc(C)c1S(=O)(=O)NC1(CO)CCCC1. The maximum absolute atomic E-state index is 12.3. The van der Waals surface area contributed by atoms with Crippen molar-refractivity contribution >= 4 is 10.0 Å². The molecule has 0 aliphatic heterocycles. The molecule has 1 saturated carbocycles. The average molecular weight is 274 g/mol. The van der Waals surface area contributed by atoms with E-state index in [1.54, 1.807) is 13.8 Å². The summed E-state index contributed by atoms with van der Waals surface area (Å²) in [7, 11) is -3.70. The summed E-state index contributed by atoms with van der Waals surface area (Å²) in [5, 5.41) is 13.1. The molecule has 1 fully saturated rings. The van der Waals surface area contributed by atoms with E-state index in [2.05, 4.69) is 9.88 Å². The molecule has 0 aromatic carbocycles. The summed E-state index contributed by atoms with van der Waals surface area (Å²) >= 11 is 0. The number of hydrogen-bond acceptors (Lipinski definition) is 5. The van der Waals surface area contributed by atoms with Crippen molar-refractivity contribution < 1.29 is 18.0 Å². The summed E-state index contributed by atoms with van der Waals surface area (Å²) in [6.45, 7) is 2.97. The fourth-order valence-electron chi connectivity index (χ4n) is 2.54. The van der Waals surface area contributed by atoms with Gasteiger partial charge in [-0.1, -0.05) is 18.0 Å². The highest BCUT2D eigenvalue weighted by Crippen LogP contribution is 2.31. The van der Waals surface area contributed by atoms with Crippen molar-refractivity contribution in [2.75, 3.05) is 6.61 Å². The second-order valence-electron chi connectivity index (χ2n) is 4.90. The van der Waals surface area contributed by atoms with Crippen molar-refractivity contribution in [1.82, 2.24) is 9.88 Å². The Balaban J connectivity index is 2.33. The van der Waals surface area contributed by atoms with Crippen LogP contribution < -0.4 is 4.72 Å². The standard InChI is InChI=1S/C11H18N2O4S/c1-8-10(9(2)17-12-8)18(15,16)13-11(7-14)5-3-4-6-11/h13-14H,3-7H2,1-2H3. The third-order valence-electron chi connectivity index (χ3n) is 3.45. The molecule has 1 aliphatic rings. The summed E-state index contributed by atoms with van der Waals surface area (Å²) < 4.78 is 32.2. The number of sulfonamides is 1. The Kier molecular flexibility index (Phi) is 3.48. The van der Waals surface area contributed by atoms with E-state index in [0.717, 1.165) is 12.8 Å². The van der Waals surface area contributed by atoms with Gasteiger partial charge in [0.25, 0.3) is 0 Å². The number of aryl methyl sites for hydroxylation is 2. The first kappa shape index (κ1) is 13.5. The zero-order valence-corrected chi connectivity index (χ0v) is 11.4. The van der Waals surface area contributed by atoms with Gasteiger partial charge in [-0.15, -0.1) is 0 Å². The van der Waals surface area contributed by atoms with E-state index in [1.165, 1.54) is 0 Å². The monoisotopic (exact) mass is 274 g/mol. The van der Waals surface area contributed by atoms with Crippen LogP contribution in [0.1, 0.15) is 37.1 Å². The third kappa shape index (κ3) is 2.30. The summed E-state index contributed by atoms with van der Waals surface area (Å²) in [6, 6.07) is 0. The van der Waals surface area contributed by atoms with Crippen LogP contribution >= 0.6 is 0 Å². The molecule has 2 rings (SSSR count). The lowest BCUT2D eigenvalue weighted by Crippen LogP contribution is -2.49. The molecule has 0 spiro atoms. The fraction of sp³-hybridized carbons (Fsp3) is 0.727. The van der Waals surface area contributed by atoms with E-state index in [4.69, 9.17) is 4.52 Å². The molecule has 6 nitrogen and oxygen atoms in total. The van der Waals surface area contributed by atoms with Crippen LogP contribution in [0.15, 0.2) is 9.42 Å². The van der Waals surface area contributed by atoms with Gasteiger partial charge in [-0.25, -0.2) is 13.1 Å². The van der Waals surface area contributed by atoms with Gasteiger partial charge in [0.15, 0.2) is 5.76 Å². The second kappa shape index (κ2) is 4.64. The van der Waals surface area contributed by atoms with Crippen molar-refractivity contribution in [3.8, 4) is 0 Å². The number of nitrogens with one attached hydrogen (secondary N) is 1. The summed E-state index contributed by atoms with van der Waals surface area (Å²) in [6.07, 6.45) is 3.16. The minimum atomic E-state index is -3.70. The number of aromatic nitrogens is 1. The second-order valence-corrected chi connectivity index (χ2v) is 6.52. The highest BCUT2D eigenvalue weighted by atomic mass is 32.2. The number of nitrogens with zero attached hydrogens (tertiary/aromatic N) is 1. The number of aliphatic hydroxyl groups is 1. The predicted octanol–water partition coefficient (Wildman–Crippen LogP) is 0.875. The molecular weight excluding hydrogens is 256 g/mol. The summed E-state index contributed by atoms with van der Waals surface area (Å²) in [5.74, 6) is 0.270. The van der Waals surface area contributed by atoms with Crippen molar-refractivity contribution in [1.29, 1.82) is 0 Å². The normalized spacial score (nSPS) is 19.3. The van der Waals surface area contributed by atoms with Crippen molar-refractivity contribution in [2.24, 2.45) is 0 Å². The molecule has 102 valence electrons. The van der Waals surface area contributed by atoms with E-state index in [0.29, 0.717) is 18.5 Å². The van der Waals surface area contributed by atoms with Gasteiger partial charge in [0.05, 0.1) is 12.1 Å². The van der Waals surface area contributed by atoms with E-state index in [-0.39, 0.29) is 17.3 Å². The quantitative estimate of drug-likeness (QED) is 0.850. The Morgan fingerprint density at radius 1 is 1.39 bits per heavy atom. The molecule has 1 aliphatic carbocycles. The average Bonchev–Trinajstić information content (AvgIpc) is 2.86. The minimum Gasteiger partial charge on any atom is -0.394 e. The Labute approximate surface area is 106 Å². The van der Waals surface area contributed by atoms with Gasteiger partial charge >= 0.3 is 0 Å². The van der Waals surface area contributed by atoms with Crippen molar-refractivity contribution in [3.63, 3.8) is 0 Å². The third-order valence-corrected chi connectivity index (χ3v) is 5.27. The summed E-state index contributed by atoms with van der Waals surface area (Å²) in [5.41, 5.74) is -0.388. The molecule has 0 unspecified atom stereocenters. The van der Waals surface area contributed by atoms with Gasteiger partial charge in [-0.2, -0.15) is 0 Å². The molecule has 1 aromatic rings. The Hall–Kier alpha value is -0.920. The van der Waals surface area contributed by atoms with Crippen LogP contribution in [-0.4, -0.2) is 30.8 Å². The van der Waals surface area contributed by atoms with Gasteiger partial charge in [-0.3, -0.25) is 0 Å². The zero-order valence-electron chi connectivity index (χ0n) is 10.6. The fourth-order valence-corrected chi connectivity index (χ4v) is 4.32. The van der Waals surface area contributed by atoms with Gasteiger partial charge in [0.1, 0.15) is 10.6 Å². The van der Waals surface area contributed by atoms with Crippen LogP contribution in [0.4, 0.5) is 0 Å². The van der Waals surface area contributed by atoms with Crippen LogP contribution in [0.2, 0.25) is 0 Å². The van der Waals surface area contributed by atoms with Crippen LogP contribution in [0.3, 0.4) is 0 Å². The van der Waals surface area contributed by atoms with E-state index < -0.39 is 15.6 Å². The summed E-state index contributed by atoms with van der Waals surface area (Å²) in [4.78, 5) is 0.0854. The smallest absolute Gasteiger partial charge is 0.246 e. The van der Waals surface area contributed by atoms with Gasteiger partial charge in [0, 0.05) is 0 Å². The van der Waals surface area contributed by atoms with Crippen molar-refractivity contribution in [3.05, 3.63) is 11.5 Å². The first-order valence-electron chi connectivity index (χ1n) is 5.98. The maximum Gasteiger partial charge on any atom is 0.246 e. The molecule has 1 aromatic heterocycles. The van der Waals surface area contributed by atoms with E-state index >= 15 is 0 Å². The highest BCUT2D eigenvalue weighted by Gasteiger charge is 2.39. The lowest BCUT2D eigenvalue weighted by atomic mass is 10.0. The molecule has 1 heterocycles.